The number of methoxy groups -OCH3 is 1. The average molecular weight is 419 g/mol. The summed E-state index contributed by atoms with van der Waals surface area (Å²) in [7, 11) is 1.53. The minimum atomic E-state index is -0.0583. The number of nitrogens with zero attached hydrogens (tertiary/aromatic N) is 2. The van der Waals surface area contributed by atoms with Gasteiger partial charge in [0.15, 0.2) is 23.2 Å². The monoisotopic (exact) mass is 418 g/mol. The number of hydrogen-bond donors (Lipinski definition) is 2. The van der Waals surface area contributed by atoms with Crippen molar-refractivity contribution in [3.63, 3.8) is 0 Å². The molecule has 0 radical (unpaired) electrons. The van der Waals surface area contributed by atoms with Crippen LogP contribution in [-0.4, -0.2) is 25.0 Å². The molecule has 8 heteroatoms. The van der Waals surface area contributed by atoms with Crippen LogP contribution in [0.15, 0.2) is 52.0 Å². The van der Waals surface area contributed by atoms with Gasteiger partial charge in [-0.3, -0.25) is 5.43 Å². The zero-order chi connectivity index (χ0) is 18.1. The second-order valence-electron chi connectivity index (χ2n) is 4.66. The summed E-state index contributed by atoms with van der Waals surface area (Å²) < 4.78 is 11.3. The topological polar surface area (TPSA) is 78.7 Å². The van der Waals surface area contributed by atoms with Gasteiger partial charge in [0.2, 0.25) is 0 Å². The summed E-state index contributed by atoms with van der Waals surface area (Å²) in [6, 6.07) is 14.9. The SMILES string of the molecule is COc1cc(/C=N\NC(=S)Nc2ccccc2)c(Br)cc1OCC#N. The number of nitriles is 1. The molecular formula is C17H15BrN4O2S. The molecule has 0 unspecified atom stereocenters. The molecule has 0 heterocycles. The molecule has 0 spiro atoms. The van der Waals surface area contributed by atoms with Crippen molar-refractivity contribution in [2.45, 2.75) is 0 Å². The largest absolute Gasteiger partial charge is 0.493 e. The highest BCUT2D eigenvalue weighted by Crippen LogP contribution is 2.32. The van der Waals surface area contributed by atoms with Gasteiger partial charge in [-0.15, -0.1) is 0 Å². The Morgan fingerprint density at radius 2 is 2.08 bits per heavy atom. The Balaban J connectivity index is 2.02. The number of ether oxygens (including phenoxy) is 2. The maximum absolute atomic E-state index is 8.61. The third-order valence-corrected chi connectivity index (χ3v) is 3.86. The standard InChI is InChI=1S/C17H15BrN4O2S/c1-23-15-9-12(14(18)10-16(15)24-8-7-19)11-20-22-17(25)21-13-5-3-2-4-6-13/h2-6,9-11H,8H2,1H3,(H2,21,22,25)/b20-11-. The van der Waals surface area contributed by atoms with Gasteiger partial charge >= 0.3 is 0 Å². The second kappa shape index (κ2) is 9.61. The molecule has 0 fully saturated rings. The van der Waals surface area contributed by atoms with Crippen molar-refractivity contribution < 1.29 is 9.47 Å². The lowest BCUT2D eigenvalue weighted by molar-refractivity contribution is 0.329. The Morgan fingerprint density at radius 1 is 1.32 bits per heavy atom. The summed E-state index contributed by atoms with van der Waals surface area (Å²) >= 11 is 8.62. The molecule has 0 aromatic heterocycles. The lowest BCUT2D eigenvalue weighted by Gasteiger charge is -2.10. The van der Waals surface area contributed by atoms with E-state index in [1.807, 2.05) is 36.4 Å². The number of hydrazone groups is 1. The van der Waals surface area contributed by atoms with Crippen molar-refractivity contribution in [3.05, 3.63) is 52.5 Å². The number of halogens is 1. The Bertz CT molecular complexity index is 806. The summed E-state index contributed by atoms with van der Waals surface area (Å²) in [6.45, 7) is -0.0583. The summed E-state index contributed by atoms with van der Waals surface area (Å²) in [5.41, 5.74) is 4.38. The first-order chi connectivity index (χ1) is 12.1. The molecule has 0 aliphatic rings. The predicted molar refractivity (Wildman–Crippen MR) is 105 cm³/mol. The number of thiocarbonyl (C=S) groups is 1. The summed E-state index contributed by atoms with van der Waals surface area (Å²) in [5.74, 6) is 0.979. The van der Waals surface area contributed by atoms with Gasteiger partial charge in [0, 0.05) is 15.7 Å². The third kappa shape index (κ3) is 5.74. The van der Waals surface area contributed by atoms with Crippen molar-refractivity contribution in [2.75, 3.05) is 19.0 Å². The van der Waals surface area contributed by atoms with Crippen molar-refractivity contribution in [3.8, 4) is 17.6 Å². The minimum absolute atomic E-state index is 0.0583. The summed E-state index contributed by atoms with van der Waals surface area (Å²) in [6.07, 6.45) is 1.60. The van der Waals surface area contributed by atoms with Crippen LogP contribution in [0.4, 0.5) is 5.69 Å². The Morgan fingerprint density at radius 3 is 2.76 bits per heavy atom. The molecule has 128 valence electrons. The number of para-hydroxylation sites is 1. The molecule has 0 bridgehead atoms. The van der Waals surface area contributed by atoms with E-state index in [1.54, 1.807) is 18.3 Å². The molecule has 0 aliphatic carbocycles. The number of nitrogens with one attached hydrogen (secondary N) is 2. The van der Waals surface area contributed by atoms with Crippen molar-refractivity contribution in [2.24, 2.45) is 5.10 Å². The fraction of sp³-hybridized carbons (Fsp3) is 0.118. The van der Waals surface area contributed by atoms with E-state index < -0.39 is 0 Å². The van der Waals surface area contributed by atoms with Crippen molar-refractivity contribution >= 4 is 45.2 Å². The maximum atomic E-state index is 8.61. The number of rotatable bonds is 6. The quantitative estimate of drug-likeness (QED) is 0.423. The van der Waals surface area contributed by atoms with Crippen LogP contribution in [0.1, 0.15) is 5.56 Å². The molecule has 2 aromatic rings. The van der Waals surface area contributed by atoms with Crippen LogP contribution < -0.4 is 20.2 Å². The van der Waals surface area contributed by atoms with E-state index in [4.69, 9.17) is 27.0 Å². The molecule has 6 nitrogen and oxygen atoms in total. The second-order valence-corrected chi connectivity index (χ2v) is 5.92. The smallest absolute Gasteiger partial charge is 0.191 e. The van der Waals surface area contributed by atoms with Crippen LogP contribution in [0.5, 0.6) is 11.5 Å². The van der Waals surface area contributed by atoms with Gasteiger partial charge in [0.25, 0.3) is 0 Å². The molecule has 0 saturated carbocycles. The zero-order valence-corrected chi connectivity index (χ0v) is 15.7. The molecule has 0 atom stereocenters. The van der Waals surface area contributed by atoms with Crippen LogP contribution in [-0.2, 0) is 0 Å². The van der Waals surface area contributed by atoms with E-state index in [-0.39, 0.29) is 6.61 Å². The highest BCUT2D eigenvalue weighted by atomic mass is 79.9. The van der Waals surface area contributed by atoms with Crippen LogP contribution >= 0.6 is 28.1 Å². The first kappa shape index (κ1) is 18.7. The van der Waals surface area contributed by atoms with Gasteiger partial charge in [-0.1, -0.05) is 18.2 Å². The minimum Gasteiger partial charge on any atom is -0.493 e. The summed E-state index contributed by atoms with van der Waals surface area (Å²) in [5, 5.41) is 16.1. The van der Waals surface area contributed by atoms with E-state index in [9.17, 15) is 0 Å². The van der Waals surface area contributed by atoms with E-state index in [0.717, 1.165) is 15.7 Å². The lowest BCUT2D eigenvalue weighted by Crippen LogP contribution is -2.23. The van der Waals surface area contributed by atoms with E-state index in [2.05, 4.69) is 31.8 Å². The Kier molecular flexibility index (Phi) is 7.19. The predicted octanol–water partition coefficient (Wildman–Crippen LogP) is 3.68. The molecule has 0 amide bonds. The first-order valence-corrected chi connectivity index (χ1v) is 8.36. The molecule has 0 saturated heterocycles. The van der Waals surface area contributed by atoms with Gasteiger partial charge < -0.3 is 14.8 Å². The fourth-order valence-corrected chi connectivity index (χ4v) is 2.47. The van der Waals surface area contributed by atoms with E-state index in [0.29, 0.717) is 16.6 Å². The summed E-state index contributed by atoms with van der Waals surface area (Å²) in [4.78, 5) is 0. The average Bonchev–Trinajstić information content (AvgIpc) is 2.62. The molecule has 2 aromatic carbocycles. The number of hydrogen-bond acceptors (Lipinski definition) is 5. The van der Waals surface area contributed by atoms with Gasteiger partial charge in [-0.05, 0) is 52.4 Å². The highest BCUT2D eigenvalue weighted by molar-refractivity contribution is 9.10. The van der Waals surface area contributed by atoms with Crippen LogP contribution in [0.25, 0.3) is 0 Å². The van der Waals surface area contributed by atoms with Crippen molar-refractivity contribution in [1.29, 1.82) is 5.26 Å². The molecular weight excluding hydrogens is 404 g/mol. The van der Waals surface area contributed by atoms with Gasteiger partial charge in [-0.2, -0.15) is 10.4 Å². The highest BCUT2D eigenvalue weighted by Gasteiger charge is 2.09. The molecule has 0 aliphatic heterocycles. The molecule has 25 heavy (non-hydrogen) atoms. The normalized spacial score (nSPS) is 10.1. The number of anilines is 1. The molecule has 2 rings (SSSR count). The lowest BCUT2D eigenvalue weighted by atomic mass is 10.2. The van der Waals surface area contributed by atoms with Gasteiger partial charge in [-0.25, -0.2) is 0 Å². The third-order valence-electron chi connectivity index (χ3n) is 2.98. The molecule has 2 N–H and O–H groups in total. The maximum Gasteiger partial charge on any atom is 0.191 e. The fourth-order valence-electron chi connectivity index (χ4n) is 1.87. The Hall–Kier alpha value is -2.63. The van der Waals surface area contributed by atoms with Crippen LogP contribution in [0.2, 0.25) is 0 Å². The first-order valence-electron chi connectivity index (χ1n) is 7.16. The van der Waals surface area contributed by atoms with Gasteiger partial charge in [0.05, 0.1) is 13.3 Å². The van der Waals surface area contributed by atoms with E-state index >= 15 is 0 Å². The number of benzene rings is 2. The zero-order valence-electron chi connectivity index (χ0n) is 13.3. The van der Waals surface area contributed by atoms with Crippen LogP contribution in [0.3, 0.4) is 0 Å². The van der Waals surface area contributed by atoms with E-state index in [1.165, 1.54) is 7.11 Å². The van der Waals surface area contributed by atoms with Crippen LogP contribution in [0, 0.1) is 11.3 Å². The van der Waals surface area contributed by atoms with Crippen molar-refractivity contribution in [1.82, 2.24) is 5.43 Å². The Labute approximate surface area is 159 Å². The van der Waals surface area contributed by atoms with Gasteiger partial charge in [0.1, 0.15) is 6.07 Å².